The van der Waals surface area contributed by atoms with Crippen molar-refractivity contribution in [2.45, 2.75) is 64.5 Å². The summed E-state index contributed by atoms with van der Waals surface area (Å²) in [5.74, 6) is 2.74. The molecule has 1 saturated heterocycles. The zero-order valence-electron chi connectivity index (χ0n) is 21.9. The molecule has 5 rings (SSSR count). The molecule has 0 radical (unpaired) electrons. The molecule has 1 saturated carbocycles. The molecule has 4 heterocycles. The van der Waals surface area contributed by atoms with E-state index in [1.807, 2.05) is 24.8 Å². The SMILES string of the molecule is COCC(C)(C)C(=O)N1CC(C)N(c2ncnc3c2C2(CCC2)CN3c2cc(C#N)ccn2)CC1C. The van der Waals surface area contributed by atoms with Crippen LogP contribution in [0.1, 0.15) is 58.1 Å². The van der Waals surface area contributed by atoms with Gasteiger partial charge in [0.2, 0.25) is 5.91 Å². The number of nitriles is 1. The minimum absolute atomic E-state index is 0.00732. The zero-order chi connectivity index (χ0) is 25.7. The van der Waals surface area contributed by atoms with Crippen molar-refractivity contribution in [2.24, 2.45) is 5.41 Å². The molecule has 3 aliphatic rings. The van der Waals surface area contributed by atoms with Crippen molar-refractivity contribution in [3.8, 4) is 6.07 Å². The summed E-state index contributed by atoms with van der Waals surface area (Å²) in [4.78, 5) is 34.0. The largest absolute Gasteiger partial charge is 0.384 e. The Kier molecular flexibility index (Phi) is 6.11. The van der Waals surface area contributed by atoms with E-state index >= 15 is 0 Å². The second-order valence-corrected chi connectivity index (χ2v) is 11.3. The van der Waals surface area contributed by atoms with Gasteiger partial charge in [0.15, 0.2) is 0 Å². The van der Waals surface area contributed by atoms with Crippen molar-refractivity contribution in [3.63, 3.8) is 0 Å². The number of carbonyl (C=O) groups excluding carboxylic acids is 1. The number of rotatable bonds is 5. The van der Waals surface area contributed by atoms with Crippen LogP contribution in [0.15, 0.2) is 24.7 Å². The quantitative estimate of drug-likeness (QED) is 0.630. The summed E-state index contributed by atoms with van der Waals surface area (Å²) >= 11 is 0. The molecule has 1 amide bonds. The Morgan fingerprint density at radius 2 is 1.94 bits per heavy atom. The van der Waals surface area contributed by atoms with E-state index in [0.29, 0.717) is 25.3 Å². The molecule has 0 N–H and O–H groups in total. The Morgan fingerprint density at radius 3 is 2.61 bits per heavy atom. The van der Waals surface area contributed by atoms with Crippen molar-refractivity contribution in [3.05, 3.63) is 35.8 Å². The second kappa shape index (κ2) is 9.00. The van der Waals surface area contributed by atoms with Gasteiger partial charge in [-0.05, 0) is 52.7 Å². The molecular weight excluding hydrogens is 454 g/mol. The predicted molar refractivity (Wildman–Crippen MR) is 137 cm³/mol. The van der Waals surface area contributed by atoms with E-state index in [0.717, 1.165) is 36.8 Å². The van der Waals surface area contributed by atoms with Crippen LogP contribution < -0.4 is 9.80 Å². The molecule has 1 aliphatic carbocycles. The molecule has 0 aromatic carbocycles. The molecule has 9 nitrogen and oxygen atoms in total. The Balaban J connectivity index is 1.49. The molecule has 1 spiro atoms. The fourth-order valence-electron chi connectivity index (χ4n) is 6.07. The first kappa shape index (κ1) is 24.4. The monoisotopic (exact) mass is 489 g/mol. The lowest BCUT2D eigenvalue weighted by atomic mass is 9.66. The lowest BCUT2D eigenvalue weighted by molar-refractivity contribution is -0.146. The summed E-state index contributed by atoms with van der Waals surface area (Å²) in [6, 6.07) is 5.93. The molecule has 2 aliphatic heterocycles. The van der Waals surface area contributed by atoms with Crippen LogP contribution in [0.3, 0.4) is 0 Å². The summed E-state index contributed by atoms with van der Waals surface area (Å²) < 4.78 is 5.32. The van der Waals surface area contributed by atoms with Crippen molar-refractivity contribution in [1.82, 2.24) is 19.9 Å². The summed E-state index contributed by atoms with van der Waals surface area (Å²) in [6.07, 6.45) is 6.68. The minimum atomic E-state index is -0.567. The standard InChI is InChI=1S/C27H35N7O2/c1-18-14-33(25(35)26(3,4)16-36-5)19(2)13-32(18)23-22-24(31-17-30-23)34(15-27(22)8-6-9-27)21-11-20(12-28)7-10-29-21/h7,10-11,17-19H,6,8-9,13-16H2,1-5H3. The van der Waals surface area contributed by atoms with Gasteiger partial charge in [-0.15, -0.1) is 0 Å². The van der Waals surface area contributed by atoms with E-state index in [1.54, 1.807) is 25.7 Å². The molecule has 2 unspecified atom stereocenters. The molecule has 2 aromatic rings. The first-order valence-corrected chi connectivity index (χ1v) is 12.8. The van der Waals surface area contributed by atoms with Gasteiger partial charge in [-0.25, -0.2) is 15.0 Å². The van der Waals surface area contributed by atoms with Crippen LogP contribution >= 0.6 is 0 Å². The topological polar surface area (TPSA) is 98.5 Å². The van der Waals surface area contributed by atoms with Gasteiger partial charge in [0.05, 0.1) is 23.7 Å². The number of nitrogens with zero attached hydrogens (tertiary/aromatic N) is 7. The number of ether oxygens (including phenoxy) is 1. The van der Waals surface area contributed by atoms with Gasteiger partial charge in [-0.2, -0.15) is 5.26 Å². The smallest absolute Gasteiger partial charge is 0.230 e. The number of piperazine rings is 1. The van der Waals surface area contributed by atoms with E-state index in [2.05, 4.69) is 34.7 Å². The number of fused-ring (bicyclic) bond motifs is 2. The summed E-state index contributed by atoms with van der Waals surface area (Å²) in [6.45, 7) is 10.7. The van der Waals surface area contributed by atoms with Gasteiger partial charge >= 0.3 is 0 Å². The number of amides is 1. The minimum Gasteiger partial charge on any atom is -0.384 e. The van der Waals surface area contributed by atoms with Crippen molar-refractivity contribution in [2.75, 3.05) is 43.2 Å². The molecular formula is C27H35N7O2. The Morgan fingerprint density at radius 1 is 1.19 bits per heavy atom. The van der Waals surface area contributed by atoms with Crippen molar-refractivity contribution >= 4 is 23.4 Å². The van der Waals surface area contributed by atoms with Crippen LogP contribution in [0.2, 0.25) is 0 Å². The molecule has 2 fully saturated rings. The van der Waals surface area contributed by atoms with Gasteiger partial charge in [-0.1, -0.05) is 6.42 Å². The highest BCUT2D eigenvalue weighted by Crippen LogP contribution is 2.56. The maximum Gasteiger partial charge on any atom is 0.230 e. The van der Waals surface area contributed by atoms with Gasteiger partial charge in [0, 0.05) is 56.0 Å². The van der Waals surface area contributed by atoms with Gasteiger partial charge < -0.3 is 19.4 Å². The highest BCUT2D eigenvalue weighted by Gasteiger charge is 2.52. The zero-order valence-corrected chi connectivity index (χ0v) is 21.9. The lowest BCUT2D eigenvalue weighted by Crippen LogP contribution is -2.61. The Bertz CT molecular complexity index is 1200. The second-order valence-electron chi connectivity index (χ2n) is 11.3. The van der Waals surface area contributed by atoms with Gasteiger partial charge in [0.25, 0.3) is 0 Å². The predicted octanol–water partition coefficient (Wildman–Crippen LogP) is 3.41. The first-order valence-electron chi connectivity index (χ1n) is 12.8. The summed E-state index contributed by atoms with van der Waals surface area (Å²) in [5, 5.41) is 9.41. The third-order valence-electron chi connectivity index (χ3n) is 8.12. The molecule has 2 atom stereocenters. The maximum atomic E-state index is 13.4. The third kappa shape index (κ3) is 3.88. The van der Waals surface area contributed by atoms with Crippen molar-refractivity contribution in [1.29, 1.82) is 5.26 Å². The number of carbonyl (C=O) groups is 1. The van der Waals surface area contributed by atoms with E-state index in [9.17, 15) is 10.1 Å². The molecule has 36 heavy (non-hydrogen) atoms. The average Bonchev–Trinajstić information content (AvgIpc) is 3.21. The van der Waals surface area contributed by atoms with Gasteiger partial charge in [-0.3, -0.25) is 4.79 Å². The third-order valence-corrected chi connectivity index (χ3v) is 8.12. The van der Waals surface area contributed by atoms with Gasteiger partial charge in [0.1, 0.15) is 23.8 Å². The van der Waals surface area contributed by atoms with Crippen LogP contribution in [0.25, 0.3) is 0 Å². The van der Waals surface area contributed by atoms with E-state index < -0.39 is 5.41 Å². The van der Waals surface area contributed by atoms with Crippen LogP contribution in [0.5, 0.6) is 0 Å². The average molecular weight is 490 g/mol. The van der Waals surface area contributed by atoms with Crippen LogP contribution in [-0.4, -0.2) is 71.2 Å². The molecule has 2 aromatic heterocycles. The van der Waals surface area contributed by atoms with E-state index in [1.165, 1.54) is 12.0 Å². The fraction of sp³-hybridized carbons (Fsp3) is 0.593. The molecule has 190 valence electrons. The highest BCUT2D eigenvalue weighted by atomic mass is 16.5. The number of hydrogen-bond acceptors (Lipinski definition) is 8. The van der Waals surface area contributed by atoms with E-state index in [-0.39, 0.29) is 23.4 Å². The van der Waals surface area contributed by atoms with E-state index in [4.69, 9.17) is 14.7 Å². The lowest BCUT2D eigenvalue weighted by Gasteiger charge is -2.48. The molecule has 9 heteroatoms. The number of anilines is 3. The first-order chi connectivity index (χ1) is 17.2. The normalized spacial score (nSPS) is 22.8. The van der Waals surface area contributed by atoms with Crippen LogP contribution in [-0.2, 0) is 14.9 Å². The Hall–Kier alpha value is -3.25. The Labute approximate surface area is 213 Å². The number of methoxy groups -OCH3 is 1. The van der Waals surface area contributed by atoms with Crippen LogP contribution in [0.4, 0.5) is 17.5 Å². The van der Waals surface area contributed by atoms with Crippen molar-refractivity contribution < 1.29 is 9.53 Å². The summed E-state index contributed by atoms with van der Waals surface area (Å²) in [7, 11) is 1.64. The molecule has 0 bridgehead atoms. The number of aromatic nitrogens is 3. The number of hydrogen-bond donors (Lipinski definition) is 0. The van der Waals surface area contributed by atoms with Crippen LogP contribution in [0, 0.1) is 16.7 Å². The maximum absolute atomic E-state index is 13.4. The summed E-state index contributed by atoms with van der Waals surface area (Å²) in [5.41, 5.74) is 1.21. The highest BCUT2D eigenvalue weighted by molar-refractivity contribution is 5.83. The fourth-order valence-corrected chi connectivity index (χ4v) is 6.07. The number of pyridine rings is 1.